The zero-order valence-electron chi connectivity index (χ0n) is 8.45. The van der Waals surface area contributed by atoms with Gasteiger partial charge in [0.05, 0.1) is 12.2 Å². The Morgan fingerprint density at radius 2 is 1.92 bits per heavy atom. The summed E-state index contributed by atoms with van der Waals surface area (Å²) < 4.78 is 5.70. The first-order valence-electron chi connectivity index (χ1n) is 5.23. The fourth-order valence-corrected chi connectivity index (χ4v) is 2.53. The molecule has 0 spiro atoms. The van der Waals surface area contributed by atoms with E-state index >= 15 is 0 Å². The quantitative estimate of drug-likeness (QED) is 0.747. The van der Waals surface area contributed by atoms with E-state index in [4.69, 9.17) is 4.74 Å². The standard InChI is InChI=1S/C10H19NOS/c1-7(2)12-10-3-8(4-10)11-9-5-13-6-9/h7-11H,3-6H2,1-2H3. The molecule has 0 aromatic heterocycles. The van der Waals surface area contributed by atoms with E-state index < -0.39 is 0 Å². The highest BCUT2D eigenvalue weighted by Gasteiger charge is 2.33. The maximum Gasteiger partial charge on any atom is 0.0608 e. The minimum absolute atomic E-state index is 0.394. The molecule has 76 valence electrons. The van der Waals surface area contributed by atoms with Crippen LogP contribution in [0.3, 0.4) is 0 Å². The number of ether oxygens (including phenoxy) is 1. The van der Waals surface area contributed by atoms with Gasteiger partial charge in [-0.1, -0.05) is 0 Å². The molecule has 0 aromatic carbocycles. The third kappa shape index (κ3) is 2.61. The molecule has 0 atom stereocenters. The van der Waals surface area contributed by atoms with Gasteiger partial charge in [0.25, 0.3) is 0 Å². The van der Waals surface area contributed by atoms with E-state index in [1.807, 2.05) is 11.8 Å². The van der Waals surface area contributed by atoms with Crippen LogP contribution in [0.5, 0.6) is 0 Å². The van der Waals surface area contributed by atoms with Crippen molar-refractivity contribution in [2.75, 3.05) is 11.5 Å². The summed E-state index contributed by atoms with van der Waals surface area (Å²) in [6, 6.07) is 1.55. The van der Waals surface area contributed by atoms with Crippen LogP contribution in [-0.4, -0.2) is 35.8 Å². The summed E-state index contributed by atoms with van der Waals surface area (Å²) in [6.45, 7) is 4.23. The number of thioether (sulfide) groups is 1. The van der Waals surface area contributed by atoms with Crippen molar-refractivity contribution in [3.05, 3.63) is 0 Å². The highest BCUT2D eigenvalue weighted by molar-refractivity contribution is 8.00. The molecular formula is C10H19NOS. The lowest BCUT2D eigenvalue weighted by Gasteiger charge is -2.41. The van der Waals surface area contributed by atoms with E-state index in [-0.39, 0.29) is 0 Å². The van der Waals surface area contributed by atoms with Crippen molar-refractivity contribution in [1.82, 2.24) is 5.32 Å². The Hall–Kier alpha value is 0.270. The molecule has 1 saturated carbocycles. The van der Waals surface area contributed by atoms with Gasteiger partial charge in [-0.05, 0) is 26.7 Å². The summed E-state index contributed by atoms with van der Waals surface area (Å²) in [6.07, 6.45) is 3.37. The summed E-state index contributed by atoms with van der Waals surface area (Å²) >= 11 is 2.04. The lowest BCUT2D eigenvalue weighted by Crippen LogP contribution is -2.53. The summed E-state index contributed by atoms with van der Waals surface area (Å²) in [4.78, 5) is 0. The van der Waals surface area contributed by atoms with Gasteiger partial charge in [-0.3, -0.25) is 0 Å². The van der Waals surface area contributed by atoms with Crippen LogP contribution in [0, 0.1) is 0 Å². The van der Waals surface area contributed by atoms with Gasteiger partial charge in [0.1, 0.15) is 0 Å². The molecule has 0 amide bonds. The van der Waals surface area contributed by atoms with Gasteiger partial charge in [0, 0.05) is 23.6 Å². The zero-order valence-corrected chi connectivity index (χ0v) is 9.27. The fourth-order valence-electron chi connectivity index (χ4n) is 1.86. The Morgan fingerprint density at radius 1 is 1.23 bits per heavy atom. The number of rotatable bonds is 4. The third-order valence-corrected chi connectivity index (χ3v) is 3.95. The molecule has 2 nitrogen and oxygen atoms in total. The van der Waals surface area contributed by atoms with Crippen LogP contribution in [0.15, 0.2) is 0 Å². The second kappa shape index (κ2) is 4.20. The normalized spacial score (nSPS) is 34.4. The zero-order chi connectivity index (χ0) is 9.26. The first-order valence-corrected chi connectivity index (χ1v) is 6.38. The van der Waals surface area contributed by atoms with Gasteiger partial charge in [0.15, 0.2) is 0 Å². The van der Waals surface area contributed by atoms with Crippen molar-refractivity contribution in [3.8, 4) is 0 Å². The van der Waals surface area contributed by atoms with Crippen molar-refractivity contribution in [2.24, 2.45) is 0 Å². The van der Waals surface area contributed by atoms with Crippen LogP contribution in [0.2, 0.25) is 0 Å². The average Bonchev–Trinajstić information content (AvgIpc) is 1.88. The molecule has 0 radical (unpaired) electrons. The second-order valence-electron chi connectivity index (χ2n) is 4.38. The Morgan fingerprint density at radius 3 is 2.38 bits per heavy atom. The molecule has 2 fully saturated rings. The van der Waals surface area contributed by atoms with E-state index in [0.717, 1.165) is 12.1 Å². The topological polar surface area (TPSA) is 21.3 Å². The van der Waals surface area contributed by atoms with E-state index in [2.05, 4.69) is 19.2 Å². The van der Waals surface area contributed by atoms with Crippen molar-refractivity contribution < 1.29 is 4.74 Å². The van der Waals surface area contributed by atoms with Crippen LogP contribution >= 0.6 is 11.8 Å². The van der Waals surface area contributed by atoms with Crippen molar-refractivity contribution in [2.45, 2.75) is 51.0 Å². The molecular weight excluding hydrogens is 182 g/mol. The van der Waals surface area contributed by atoms with E-state index in [1.54, 1.807) is 0 Å². The molecule has 1 aliphatic heterocycles. The lowest BCUT2D eigenvalue weighted by molar-refractivity contribution is -0.0509. The lowest BCUT2D eigenvalue weighted by atomic mass is 9.88. The summed E-state index contributed by atoms with van der Waals surface area (Å²) in [5.41, 5.74) is 0. The summed E-state index contributed by atoms with van der Waals surface area (Å²) in [5, 5.41) is 3.66. The van der Waals surface area contributed by atoms with E-state index in [1.165, 1.54) is 24.3 Å². The summed E-state index contributed by atoms with van der Waals surface area (Å²) in [7, 11) is 0. The van der Waals surface area contributed by atoms with Gasteiger partial charge in [0.2, 0.25) is 0 Å². The molecule has 0 aromatic rings. The Kier molecular flexibility index (Phi) is 3.17. The van der Waals surface area contributed by atoms with Gasteiger partial charge in [-0.2, -0.15) is 11.8 Å². The maximum atomic E-state index is 5.70. The van der Waals surface area contributed by atoms with Gasteiger partial charge in [-0.15, -0.1) is 0 Å². The molecule has 0 unspecified atom stereocenters. The van der Waals surface area contributed by atoms with Gasteiger partial charge in [-0.25, -0.2) is 0 Å². The molecule has 1 heterocycles. The molecule has 13 heavy (non-hydrogen) atoms. The molecule has 3 heteroatoms. The average molecular weight is 201 g/mol. The molecule has 2 rings (SSSR count). The largest absolute Gasteiger partial charge is 0.375 e. The first-order chi connectivity index (χ1) is 6.24. The highest BCUT2D eigenvalue weighted by atomic mass is 32.2. The molecule has 1 saturated heterocycles. The molecule has 2 aliphatic rings. The molecule has 1 aliphatic carbocycles. The minimum atomic E-state index is 0.394. The highest BCUT2D eigenvalue weighted by Crippen LogP contribution is 2.27. The van der Waals surface area contributed by atoms with Crippen molar-refractivity contribution in [1.29, 1.82) is 0 Å². The number of hydrogen-bond acceptors (Lipinski definition) is 3. The summed E-state index contributed by atoms with van der Waals surface area (Å²) in [5.74, 6) is 2.62. The Balaban J connectivity index is 1.56. The second-order valence-corrected chi connectivity index (χ2v) is 5.45. The van der Waals surface area contributed by atoms with E-state index in [9.17, 15) is 0 Å². The Labute approximate surface area is 84.8 Å². The van der Waals surface area contributed by atoms with Gasteiger partial charge < -0.3 is 10.1 Å². The monoisotopic (exact) mass is 201 g/mol. The Bertz CT molecular complexity index is 164. The molecule has 1 N–H and O–H groups in total. The number of hydrogen-bond donors (Lipinski definition) is 1. The van der Waals surface area contributed by atoms with Crippen LogP contribution in [0.4, 0.5) is 0 Å². The predicted molar refractivity (Wildman–Crippen MR) is 57.3 cm³/mol. The van der Waals surface area contributed by atoms with E-state index in [0.29, 0.717) is 12.2 Å². The van der Waals surface area contributed by atoms with Crippen molar-refractivity contribution >= 4 is 11.8 Å². The SMILES string of the molecule is CC(C)OC1CC(NC2CSC2)C1. The first kappa shape index (κ1) is 9.81. The van der Waals surface area contributed by atoms with Crippen LogP contribution < -0.4 is 5.32 Å². The minimum Gasteiger partial charge on any atom is -0.375 e. The maximum absolute atomic E-state index is 5.70. The third-order valence-electron chi connectivity index (χ3n) is 2.67. The molecule has 0 bridgehead atoms. The predicted octanol–water partition coefficient (Wildman–Crippen LogP) is 1.65. The smallest absolute Gasteiger partial charge is 0.0608 e. The van der Waals surface area contributed by atoms with Gasteiger partial charge >= 0.3 is 0 Å². The fraction of sp³-hybridized carbons (Fsp3) is 1.00. The van der Waals surface area contributed by atoms with Crippen LogP contribution in [-0.2, 0) is 4.74 Å². The number of nitrogens with one attached hydrogen (secondary N) is 1. The van der Waals surface area contributed by atoms with Crippen LogP contribution in [0.25, 0.3) is 0 Å². The van der Waals surface area contributed by atoms with Crippen molar-refractivity contribution in [3.63, 3.8) is 0 Å². The van der Waals surface area contributed by atoms with Crippen LogP contribution in [0.1, 0.15) is 26.7 Å².